The molecule has 1 fully saturated rings. The molecule has 1 aromatic carbocycles. The van der Waals surface area contributed by atoms with Crippen molar-refractivity contribution >= 4 is 15.9 Å². The number of hydrogen-bond acceptors (Lipinski definition) is 1. The van der Waals surface area contributed by atoms with Crippen molar-refractivity contribution in [2.75, 3.05) is 0 Å². The Labute approximate surface area is 115 Å². The first kappa shape index (κ1) is 10.7. The molecule has 2 bridgehead atoms. The predicted molar refractivity (Wildman–Crippen MR) is 76.7 cm³/mol. The third-order valence-electron chi connectivity index (χ3n) is 4.40. The molecule has 2 heteroatoms. The molecule has 0 amide bonds. The Morgan fingerprint density at radius 1 is 1.06 bits per heavy atom. The monoisotopic (exact) mass is 299 g/mol. The molecular formula is C16H14BrN. The van der Waals surface area contributed by atoms with Crippen LogP contribution in [0.1, 0.15) is 42.2 Å². The van der Waals surface area contributed by atoms with E-state index < -0.39 is 0 Å². The summed E-state index contributed by atoms with van der Waals surface area (Å²) in [5.41, 5.74) is 5.40. The van der Waals surface area contributed by atoms with Gasteiger partial charge in [-0.1, -0.05) is 28.1 Å². The van der Waals surface area contributed by atoms with Crippen molar-refractivity contribution in [2.24, 2.45) is 0 Å². The number of nitrogens with zero attached hydrogens (tertiary/aromatic N) is 1. The molecule has 1 heterocycles. The van der Waals surface area contributed by atoms with E-state index in [1.807, 2.05) is 0 Å². The number of aromatic nitrogens is 1. The summed E-state index contributed by atoms with van der Waals surface area (Å²) in [5, 5.41) is 0. The van der Waals surface area contributed by atoms with Crippen molar-refractivity contribution in [3.05, 3.63) is 52.1 Å². The van der Waals surface area contributed by atoms with E-state index in [4.69, 9.17) is 0 Å². The molecule has 2 aliphatic rings. The molecule has 1 aromatic heterocycles. The van der Waals surface area contributed by atoms with Crippen molar-refractivity contribution in [2.45, 2.75) is 31.1 Å². The van der Waals surface area contributed by atoms with E-state index in [0.717, 1.165) is 22.0 Å². The molecule has 4 rings (SSSR count). The number of pyridine rings is 1. The van der Waals surface area contributed by atoms with Crippen LogP contribution in [-0.4, -0.2) is 4.98 Å². The fourth-order valence-corrected chi connectivity index (χ4v) is 3.93. The van der Waals surface area contributed by atoms with Gasteiger partial charge in [0.2, 0.25) is 0 Å². The molecule has 0 radical (unpaired) electrons. The van der Waals surface area contributed by atoms with Gasteiger partial charge in [-0.05, 0) is 60.4 Å². The minimum absolute atomic E-state index is 0.800. The van der Waals surface area contributed by atoms with Crippen LogP contribution < -0.4 is 0 Å². The van der Waals surface area contributed by atoms with E-state index in [1.54, 1.807) is 5.56 Å². The second-order valence-electron chi connectivity index (χ2n) is 5.42. The van der Waals surface area contributed by atoms with Crippen LogP contribution in [0.3, 0.4) is 0 Å². The van der Waals surface area contributed by atoms with Gasteiger partial charge < -0.3 is 0 Å². The molecule has 18 heavy (non-hydrogen) atoms. The van der Waals surface area contributed by atoms with Gasteiger partial charge in [0.25, 0.3) is 0 Å². The molecule has 0 aliphatic heterocycles. The molecule has 0 saturated heterocycles. The van der Waals surface area contributed by atoms with Crippen LogP contribution in [0, 0.1) is 0 Å². The van der Waals surface area contributed by atoms with Crippen molar-refractivity contribution < 1.29 is 0 Å². The highest BCUT2D eigenvalue weighted by atomic mass is 79.9. The molecule has 0 spiro atoms. The zero-order valence-electron chi connectivity index (χ0n) is 10.1. The average molecular weight is 300 g/mol. The summed E-state index contributed by atoms with van der Waals surface area (Å²) >= 11 is 3.53. The Balaban J connectivity index is 1.82. The van der Waals surface area contributed by atoms with E-state index in [-0.39, 0.29) is 0 Å². The molecule has 1 nitrogen and oxygen atoms in total. The number of halogens is 1. The molecule has 2 unspecified atom stereocenters. The van der Waals surface area contributed by atoms with Gasteiger partial charge in [-0.25, -0.2) is 0 Å². The molecule has 90 valence electrons. The Kier molecular flexibility index (Phi) is 2.34. The van der Waals surface area contributed by atoms with Gasteiger partial charge in [0, 0.05) is 16.2 Å². The molecule has 0 N–H and O–H groups in total. The van der Waals surface area contributed by atoms with Crippen molar-refractivity contribution in [3.63, 3.8) is 0 Å². The quantitative estimate of drug-likeness (QED) is 0.731. The molecule has 1 saturated carbocycles. The third kappa shape index (κ3) is 1.55. The fraction of sp³-hybridized carbons (Fsp3) is 0.312. The average Bonchev–Trinajstić information content (AvgIpc) is 3.00. The van der Waals surface area contributed by atoms with Gasteiger partial charge in [0.05, 0.1) is 5.69 Å². The lowest BCUT2D eigenvalue weighted by atomic mass is 9.92. The number of benzene rings is 1. The second kappa shape index (κ2) is 3.92. The molecular weight excluding hydrogens is 286 g/mol. The van der Waals surface area contributed by atoms with Gasteiger partial charge in [-0.2, -0.15) is 0 Å². The van der Waals surface area contributed by atoms with Crippen LogP contribution in [0.15, 0.2) is 41.0 Å². The fourth-order valence-electron chi connectivity index (χ4n) is 3.53. The summed E-state index contributed by atoms with van der Waals surface area (Å²) in [6.07, 6.45) is 6.23. The van der Waals surface area contributed by atoms with E-state index in [9.17, 15) is 0 Å². The maximum Gasteiger partial charge on any atom is 0.0705 e. The van der Waals surface area contributed by atoms with Crippen LogP contribution in [-0.2, 0) is 0 Å². The van der Waals surface area contributed by atoms with Crippen LogP contribution >= 0.6 is 15.9 Å². The largest absolute Gasteiger partial charge is 0.256 e. The van der Waals surface area contributed by atoms with Crippen molar-refractivity contribution in [3.8, 4) is 11.3 Å². The van der Waals surface area contributed by atoms with Crippen molar-refractivity contribution in [1.82, 2.24) is 4.98 Å². The SMILES string of the molecule is Brc1cccc(-c2cc3c(cn2)C2CCC3C2)c1. The van der Waals surface area contributed by atoms with E-state index in [2.05, 4.69) is 57.4 Å². The van der Waals surface area contributed by atoms with Crippen LogP contribution in [0.5, 0.6) is 0 Å². The van der Waals surface area contributed by atoms with Crippen LogP contribution in [0.2, 0.25) is 0 Å². The predicted octanol–water partition coefficient (Wildman–Crippen LogP) is 4.88. The normalized spacial score (nSPS) is 24.3. The number of rotatable bonds is 1. The zero-order chi connectivity index (χ0) is 12.1. The lowest BCUT2D eigenvalue weighted by Gasteiger charge is -2.15. The highest BCUT2D eigenvalue weighted by Crippen LogP contribution is 2.53. The minimum Gasteiger partial charge on any atom is -0.256 e. The van der Waals surface area contributed by atoms with Gasteiger partial charge >= 0.3 is 0 Å². The van der Waals surface area contributed by atoms with Gasteiger partial charge in [0.1, 0.15) is 0 Å². The Bertz CT molecular complexity index is 620. The molecule has 2 aliphatic carbocycles. The minimum atomic E-state index is 0.800. The Morgan fingerprint density at radius 3 is 2.72 bits per heavy atom. The number of hydrogen-bond donors (Lipinski definition) is 0. The standard InChI is InChI=1S/C16H14BrN/c17-13-3-1-2-12(7-13)16-8-14-10-4-5-11(6-10)15(14)9-18-16/h1-3,7-11H,4-6H2. The highest BCUT2D eigenvalue weighted by molar-refractivity contribution is 9.10. The summed E-state index contributed by atoms with van der Waals surface area (Å²) in [6.45, 7) is 0. The maximum atomic E-state index is 4.66. The topological polar surface area (TPSA) is 12.9 Å². The molecule has 2 aromatic rings. The van der Waals surface area contributed by atoms with E-state index in [0.29, 0.717) is 0 Å². The summed E-state index contributed by atoms with van der Waals surface area (Å²) < 4.78 is 1.11. The van der Waals surface area contributed by atoms with Crippen LogP contribution in [0.4, 0.5) is 0 Å². The Hall–Kier alpha value is -1.15. The molecule has 2 atom stereocenters. The smallest absolute Gasteiger partial charge is 0.0705 e. The first-order chi connectivity index (χ1) is 8.81. The van der Waals surface area contributed by atoms with E-state index >= 15 is 0 Å². The number of fused-ring (bicyclic) bond motifs is 5. The third-order valence-corrected chi connectivity index (χ3v) is 4.89. The van der Waals surface area contributed by atoms with Crippen molar-refractivity contribution in [1.29, 1.82) is 0 Å². The summed E-state index contributed by atoms with van der Waals surface area (Å²) in [7, 11) is 0. The van der Waals surface area contributed by atoms with Gasteiger partial charge in [-0.3, -0.25) is 4.98 Å². The van der Waals surface area contributed by atoms with Gasteiger partial charge in [0.15, 0.2) is 0 Å². The zero-order valence-corrected chi connectivity index (χ0v) is 11.7. The van der Waals surface area contributed by atoms with E-state index in [1.165, 1.54) is 30.4 Å². The maximum absolute atomic E-state index is 4.66. The lowest BCUT2D eigenvalue weighted by molar-refractivity contribution is 0.714. The summed E-state index contributed by atoms with van der Waals surface area (Å²) in [5.74, 6) is 1.60. The van der Waals surface area contributed by atoms with Gasteiger partial charge in [-0.15, -0.1) is 0 Å². The Morgan fingerprint density at radius 2 is 1.89 bits per heavy atom. The first-order valence-electron chi connectivity index (χ1n) is 6.57. The first-order valence-corrected chi connectivity index (χ1v) is 7.36. The summed E-state index contributed by atoms with van der Waals surface area (Å²) in [4.78, 5) is 4.66. The second-order valence-corrected chi connectivity index (χ2v) is 6.33. The lowest BCUT2D eigenvalue weighted by Crippen LogP contribution is -1.99. The summed E-state index contributed by atoms with van der Waals surface area (Å²) in [6, 6.07) is 10.7. The highest BCUT2D eigenvalue weighted by Gasteiger charge is 2.37. The van der Waals surface area contributed by atoms with Crippen LogP contribution in [0.25, 0.3) is 11.3 Å².